The molecule has 0 radical (unpaired) electrons. The molecule has 2 aromatic rings. The van der Waals surface area contributed by atoms with Crippen LogP contribution in [0.5, 0.6) is 0 Å². The molecular formula is C21H30. The summed E-state index contributed by atoms with van der Waals surface area (Å²) in [6, 6.07) is 19.4. The van der Waals surface area contributed by atoms with Crippen molar-refractivity contribution in [3.63, 3.8) is 0 Å². The monoisotopic (exact) mass is 282 g/mol. The zero-order chi connectivity index (χ0) is 15.7. The number of hydrogen-bond donors (Lipinski definition) is 0. The number of rotatable bonds is 4. The summed E-state index contributed by atoms with van der Waals surface area (Å²) in [5.41, 5.74) is 4.26. The first-order chi connectivity index (χ1) is 9.97. The summed E-state index contributed by atoms with van der Waals surface area (Å²) in [5.74, 6) is 1.53. The van der Waals surface area contributed by atoms with Gasteiger partial charge < -0.3 is 0 Å². The van der Waals surface area contributed by atoms with Crippen molar-refractivity contribution in [3.05, 3.63) is 71.3 Å². The predicted octanol–water partition coefficient (Wildman–Crippen LogP) is 6.08. The lowest BCUT2D eigenvalue weighted by Crippen LogP contribution is -1.93. The van der Waals surface area contributed by atoms with Crippen LogP contribution >= 0.6 is 0 Å². The molecule has 0 aliphatic rings. The minimum atomic E-state index is 0.761. The quantitative estimate of drug-likeness (QED) is 0.637. The van der Waals surface area contributed by atoms with Gasteiger partial charge in [0.25, 0.3) is 0 Å². The lowest BCUT2D eigenvalue weighted by atomic mass is 10.0. The Balaban J connectivity index is 0.000000211. The topological polar surface area (TPSA) is 0 Å². The van der Waals surface area contributed by atoms with Crippen LogP contribution in [0.2, 0.25) is 0 Å². The van der Waals surface area contributed by atoms with Gasteiger partial charge in [0.1, 0.15) is 0 Å². The van der Waals surface area contributed by atoms with Crippen LogP contribution in [0, 0.1) is 18.8 Å². The van der Waals surface area contributed by atoms with Gasteiger partial charge in [-0.1, -0.05) is 87.9 Å². The molecule has 0 amide bonds. The van der Waals surface area contributed by atoms with E-state index in [-0.39, 0.29) is 0 Å². The molecule has 0 nitrogen and oxygen atoms in total. The Hall–Kier alpha value is -1.56. The lowest BCUT2D eigenvalue weighted by molar-refractivity contribution is 0.647. The van der Waals surface area contributed by atoms with Crippen molar-refractivity contribution in [1.82, 2.24) is 0 Å². The van der Waals surface area contributed by atoms with Crippen LogP contribution < -0.4 is 0 Å². The average molecular weight is 282 g/mol. The summed E-state index contributed by atoms with van der Waals surface area (Å²) in [6.45, 7) is 11.1. The molecule has 2 aromatic carbocycles. The molecule has 0 aromatic heterocycles. The molecule has 0 saturated heterocycles. The normalized spacial score (nSPS) is 10.4. The second-order valence-corrected chi connectivity index (χ2v) is 6.67. The van der Waals surface area contributed by atoms with Crippen LogP contribution in [0.1, 0.15) is 44.4 Å². The van der Waals surface area contributed by atoms with Crippen LogP contribution in [0.3, 0.4) is 0 Å². The minimum absolute atomic E-state index is 0.761. The molecule has 0 fully saturated rings. The van der Waals surface area contributed by atoms with Gasteiger partial charge in [0, 0.05) is 0 Å². The van der Waals surface area contributed by atoms with Gasteiger partial charge in [-0.15, -0.1) is 0 Å². The van der Waals surface area contributed by atoms with Gasteiger partial charge in [-0.05, 0) is 42.7 Å². The molecule has 21 heavy (non-hydrogen) atoms. The molecule has 0 atom stereocenters. The van der Waals surface area contributed by atoms with Crippen molar-refractivity contribution < 1.29 is 0 Å². The zero-order valence-corrected chi connectivity index (χ0v) is 14.3. The molecule has 114 valence electrons. The van der Waals surface area contributed by atoms with Gasteiger partial charge in [-0.3, -0.25) is 0 Å². The van der Waals surface area contributed by atoms with E-state index in [1.165, 1.54) is 29.5 Å². The molecule has 0 heterocycles. The Bertz CT molecular complexity index is 494. The summed E-state index contributed by atoms with van der Waals surface area (Å²) in [6.07, 6.45) is 2.39. The largest absolute Gasteiger partial charge is 0.0625 e. The molecule has 0 spiro atoms. The van der Waals surface area contributed by atoms with Crippen molar-refractivity contribution in [2.45, 2.75) is 47.5 Å². The van der Waals surface area contributed by atoms with Gasteiger partial charge in [-0.25, -0.2) is 0 Å². The summed E-state index contributed by atoms with van der Waals surface area (Å²) in [5, 5.41) is 0. The molecule has 0 unspecified atom stereocenters. The Labute approximate surface area is 131 Å². The van der Waals surface area contributed by atoms with E-state index in [1.807, 2.05) is 0 Å². The zero-order valence-electron chi connectivity index (χ0n) is 14.3. The summed E-state index contributed by atoms with van der Waals surface area (Å²) < 4.78 is 0. The highest BCUT2D eigenvalue weighted by molar-refractivity contribution is 5.22. The molecule has 0 N–H and O–H groups in total. The molecule has 0 aliphatic carbocycles. The highest BCUT2D eigenvalue weighted by atomic mass is 14.0. The van der Waals surface area contributed by atoms with Crippen molar-refractivity contribution >= 4 is 0 Å². The van der Waals surface area contributed by atoms with Gasteiger partial charge in [0.05, 0.1) is 0 Å². The number of aryl methyl sites for hydroxylation is 1. The third-order valence-electron chi connectivity index (χ3n) is 3.21. The Morgan fingerprint density at radius 2 is 1.19 bits per heavy atom. The second kappa shape index (κ2) is 9.39. The molecule has 0 bridgehead atoms. The lowest BCUT2D eigenvalue weighted by Gasteiger charge is -2.04. The molecular weight excluding hydrogens is 252 g/mol. The van der Waals surface area contributed by atoms with Gasteiger partial charge >= 0.3 is 0 Å². The van der Waals surface area contributed by atoms with E-state index >= 15 is 0 Å². The van der Waals surface area contributed by atoms with E-state index in [0.717, 1.165) is 11.8 Å². The summed E-state index contributed by atoms with van der Waals surface area (Å²) in [4.78, 5) is 0. The molecule has 2 rings (SSSR count). The van der Waals surface area contributed by atoms with Crippen molar-refractivity contribution in [2.24, 2.45) is 11.8 Å². The first kappa shape index (κ1) is 17.5. The van der Waals surface area contributed by atoms with Crippen LogP contribution in [-0.2, 0) is 12.8 Å². The van der Waals surface area contributed by atoms with E-state index in [1.54, 1.807) is 0 Å². The SMILES string of the molecule is CC(C)Cc1ccccc1.Cc1cccc(CC(C)C)c1. The maximum absolute atomic E-state index is 2.26. The van der Waals surface area contributed by atoms with E-state index < -0.39 is 0 Å². The Kier molecular flexibility index (Phi) is 7.82. The smallest absolute Gasteiger partial charge is 0.0256 e. The first-order valence-electron chi connectivity index (χ1n) is 8.07. The Morgan fingerprint density at radius 3 is 1.71 bits per heavy atom. The predicted molar refractivity (Wildman–Crippen MR) is 94.7 cm³/mol. The molecule has 0 aliphatic heterocycles. The van der Waals surface area contributed by atoms with E-state index in [9.17, 15) is 0 Å². The third kappa shape index (κ3) is 8.34. The van der Waals surface area contributed by atoms with Crippen LogP contribution in [0.4, 0.5) is 0 Å². The molecule has 0 heteroatoms. The van der Waals surface area contributed by atoms with Gasteiger partial charge in [0.15, 0.2) is 0 Å². The number of benzene rings is 2. The second-order valence-electron chi connectivity index (χ2n) is 6.67. The maximum atomic E-state index is 2.26. The fraction of sp³-hybridized carbons (Fsp3) is 0.429. The molecule has 0 saturated carbocycles. The van der Waals surface area contributed by atoms with Crippen LogP contribution in [0.15, 0.2) is 54.6 Å². The fourth-order valence-electron chi connectivity index (χ4n) is 2.40. The van der Waals surface area contributed by atoms with Gasteiger partial charge in [-0.2, -0.15) is 0 Å². The van der Waals surface area contributed by atoms with Crippen LogP contribution in [-0.4, -0.2) is 0 Å². The summed E-state index contributed by atoms with van der Waals surface area (Å²) >= 11 is 0. The van der Waals surface area contributed by atoms with Crippen LogP contribution in [0.25, 0.3) is 0 Å². The summed E-state index contributed by atoms with van der Waals surface area (Å²) in [7, 11) is 0. The Morgan fingerprint density at radius 1 is 0.667 bits per heavy atom. The highest BCUT2D eigenvalue weighted by Gasteiger charge is 1.96. The van der Waals surface area contributed by atoms with Crippen molar-refractivity contribution in [1.29, 1.82) is 0 Å². The standard InChI is InChI=1S/C11H16.C10H14/c1-9(2)7-11-6-4-5-10(3)8-11;1-9(2)8-10-6-4-3-5-7-10/h4-6,8-9H,7H2,1-3H3;3-7,9H,8H2,1-2H3. The van der Waals surface area contributed by atoms with Crippen molar-refractivity contribution in [2.75, 3.05) is 0 Å². The average Bonchev–Trinajstić information content (AvgIpc) is 2.39. The fourth-order valence-corrected chi connectivity index (χ4v) is 2.40. The van der Waals surface area contributed by atoms with Crippen molar-refractivity contribution in [3.8, 4) is 0 Å². The maximum Gasteiger partial charge on any atom is -0.0256 e. The minimum Gasteiger partial charge on any atom is -0.0625 e. The van der Waals surface area contributed by atoms with Gasteiger partial charge in [0.2, 0.25) is 0 Å². The highest BCUT2D eigenvalue weighted by Crippen LogP contribution is 2.09. The first-order valence-corrected chi connectivity index (χ1v) is 8.07. The number of hydrogen-bond acceptors (Lipinski definition) is 0. The third-order valence-corrected chi connectivity index (χ3v) is 3.21. The van der Waals surface area contributed by atoms with E-state index in [0.29, 0.717) is 0 Å². The van der Waals surface area contributed by atoms with E-state index in [4.69, 9.17) is 0 Å². The van der Waals surface area contributed by atoms with E-state index in [2.05, 4.69) is 89.2 Å².